The quantitative estimate of drug-likeness (QED) is 0.879. The molecule has 3 rings (SSSR count). The zero-order valence-corrected chi connectivity index (χ0v) is 14.7. The van der Waals surface area contributed by atoms with E-state index in [0.717, 1.165) is 37.7 Å². The van der Waals surface area contributed by atoms with Gasteiger partial charge in [0.15, 0.2) is 0 Å². The van der Waals surface area contributed by atoms with E-state index in [4.69, 9.17) is 5.73 Å². The van der Waals surface area contributed by atoms with Crippen molar-refractivity contribution in [2.45, 2.75) is 37.9 Å². The summed E-state index contributed by atoms with van der Waals surface area (Å²) in [6.45, 7) is 0. The molecule has 1 aromatic carbocycles. The summed E-state index contributed by atoms with van der Waals surface area (Å²) >= 11 is 1.43. The van der Waals surface area contributed by atoms with Crippen LogP contribution in [0.1, 0.15) is 37.7 Å². The van der Waals surface area contributed by atoms with Crippen molar-refractivity contribution in [3.63, 3.8) is 0 Å². The maximum atomic E-state index is 13.0. The molecule has 1 fully saturated rings. The molecule has 1 spiro atoms. The highest BCUT2D eigenvalue weighted by Gasteiger charge is 2.49. The maximum Gasteiger partial charge on any atom is 0.123 e. The first-order valence-electron chi connectivity index (χ1n) is 8.36. The lowest BCUT2D eigenvalue weighted by atomic mass is 9.61. The molecular formula is C19H19FN4S. The number of nitrogens with two attached hydrogens (primary N) is 1. The second-order valence-corrected chi connectivity index (χ2v) is 7.49. The molecule has 0 saturated heterocycles. The molecule has 2 aliphatic rings. The molecule has 25 heavy (non-hydrogen) atoms. The predicted molar refractivity (Wildman–Crippen MR) is 96.6 cm³/mol. The molecule has 0 aromatic heterocycles. The highest BCUT2D eigenvalue weighted by atomic mass is 32.2. The number of thioether (sulfide) groups is 1. The van der Waals surface area contributed by atoms with E-state index in [-0.39, 0.29) is 5.82 Å². The van der Waals surface area contributed by atoms with Crippen LogP contribution >= 0.6 is 11.8 Å². The van der Waals surface area contributed by atoms with E-state index in [1.165, 1.54) is 23.9 Å². The van der Waals surface area contributed by atoms with Crippen LogP contribution in [0.2, 0.25) is 0 Å². The predicted octanol–water partition coefficient (Wildman–Crippen LogP) is 4.26. The van der Waals surface area contributed by atoms with Gasteiger partial charge in [0.2, 0.25) is 0 Å². The highest BCUT2D eigenvalue weighted by Crippen LogP contribution is 2.52. The van der Waals surface area contributed by atoms with Gasteiger partial charge in [0.1, 0.15) is 22.6 Å². The Morgan fingerprint density at radius 3 is 2.48 bits per heavy atom. The average Bonchev–Trinajstić information content (AvgIpc) is 2.62. The highest BCUT2D eigenvalue weighted by molar-refractivity contribution is 8.02. The average molecular weight is 354 g/mol. The topological polar surface area (TPSA) is 86.0 Å². The fourth-order valence-electron chi connectivity index (χ4n) is 3.79. The largest absolute Gasteiger partial charge is 0.386 e. The SMILES string of the molecule is N#CC1=C(SCc2ccc(F)cc2)N=C(N)C(C#N)C12CCCCC2. The van der Waals surface area contributed by atoms with Crippen LogP contribution in [0.4, 0.5) is 4.39 Å². The first kappa shape index (κ1) is 17.5. The van der Waals surface area contributed by atoms with Crippen LogP contribution in [-0.2, 0) is 5.75 Å². The number of aliphatic imine (C=N–C) groups is 1. The molecule has 1 aromatic rings. The van der Waals surface area contributed by atoms with E-state index >= 15 is 0 Å². The first-order chi connectivity index (χ1) is 12.1. The minimum atomic E-state index is -0.530. The molecule has 4 nitrogen and oxygen atoms in total. The summed E-state index contributed by atoms with van der Waals surface area (Å²) in [4.78, 5) is 4.39. The molecule has 2 N–H and O–H groups in total. The normalized spacial score (nSPS) is 22.2. The number of nitrogens with zero attached hydrogens (tertiary/aromatic N) is 3. The Morgan fingerprint density at radius 1 is 1.20 bits per heavy atom. The Bertz CT molecular complexity index is 792. The van der Waals surface area contributed by atoms with E-state index in [9.17, 15) is 14.9 Å². The second kappa shape index (κ2) is 7.29. The first-order valence-corrected chi connectivity index (χ1v) is 9.35. The summed E-state index contributed by atoms with van der Waals surface area (Å²) in [7, 11) is 0. The Hall–Kier alpha value is -2.31. The van der Waals surface area contributed by atoms with Gasteiger partial charge in [-0.2, -0.15) is 10.5 Å². The lowest BCUT2D eigenvalue weighted by molar-refractivity contribution is 0.215. The molecule has 1 heterocycles. The molecule has 0 radical (unpaired) electrons. The minimum Gasteiger partial charge on any atom is -0.386 e. The number of halogens is 1. The van der Waals surface area contributed by atoms with Gasteiger partial charge in [-0.1, -0.05) is 31.4 Å². The van der Waals surface area contributed by atoms with Gasteiger partial charge in [0.05, 0.1) is 17.7 Å². The number of allylic oxidation sites excluding steroid dienone is 1. The Morgan fingerprint density at radius 2 is 1.88 bits per heavy atom. The van der Waals surface area contributed by atoms with Crippen molar-refractivity contribution in [1.29, 1.82) is 10.5 Å². The van der Waals surface area contributed by atoms with Gasteiger partial charge >= 0.3 is 0 Å². The Labute approximate surface area is 151 Å². The minimum absolute atomic E-state index is 0.274. The third kappa shape index (κ3) is 3.27. The molecule has 1 aliphatic carbocycles. The second-order valence-electron chi connectivity index (χ2n) is 6.52. The Kier molecular flexibility index (Phi) is 5.11. The van der Waals surface area contributed by atoms with Crippen LogP contribution in [0.5, 0.6) is 0 Å². The van der Waals surface area contributed by atoms with Gasteiger partial charge < -0.3 is 5.73 Å². The number of benzene rings is 1. The van der Waals surface area contributed by atoms with E-state index in [0.29, 0.717) is 22.2 Å². The summed E-state index contributed by atoms with van der Waals surface area (Å²) < 4.78 is 13.0. The molecular weight excluding hydrogens is 335 g/mol. The summed E-state index contributed by atoms with van der Waals surface area (Å²) in [5.74, 6) is 0.0801. The van der Waals surface area contributed by atoms with E-state index in [2.05, 4.69) is 17.1 Å². The molecule has 128 valence electrons. The van der Waals surface area contributed by atoms with Crippen molar-refractivity contribution in [2.24, 2.45) is 22.1 Å². The molecule has 0 amide bonds. The number of rotatable bonds is 3. The van der Waals surface area contributed by atoms with Crippen molar-refractivity contribution < 1.29 is 4.39 Å². The standard InChI is InChI=1S/C19H19FN4S/c20-14-6-4-13(5-7-14)12-25-18-16(11-22)19(8-2-1-3-9-19)15(10-21)17(23)24-18/h4-7,15H,1-3,8-9,12H2,(H2,23,24). The molecule has 0 bridgehead atoms. The van der Waals surface area contributed by atoms with Gasteiger partial charge in [0.25, 0.3) is 0 Å². The van der Waals surface area contributed by atoms with Gasteiger partial charge in [-0.25, -0.2) is 9.38 Å². The van der Waals surface area contributed by atoms with Crippen LogP contribution in [0, 0.1) is 39.8 Å². The zero-order valence-electron chi connectivity index (χ0n) is 13.8. The third-order valence-corrected chi connectivity index (χ3v) is 6.11. The third-order valence-electron chi connectivity index (χ3n) is 5.07. The van der Waals surface area contributed by atoms with E-state index in [1.54, 1.807) is 12.1 Å². The van der Waals surface area contributed by atoms with Crippen LogP contribution < -0.4 is 5.73 Å². The smallest absolute Gasteiger partial charge is 0.123 e. The van der Waals surface area contributed by atoms with Crippen LogP contribution in [0.15, 0.2) is 39.9 Å². The number of amidine groups is 1. The van der Waals surface area contributed by atoms with Gasteiger partial charge in [-0.05, 0) is 30.5 Å². The van der Waals surface area contributed by atoms with Crippen molar-refractivity contribution in [3.8, 4) is 12.1 Å². The summed E-state index contributed by atoms with van der Waals surface area (Å²) in [6, 6.07) is 10.9. The van der Waals surface area contributed by atoms with Crippen LogP contribution in [-0.4, -0.2) is 5.84 Å². The fourth-order valence-corrected chi connectivity index (χ4v) is 4.84. The Balaban J connectivity index is 1.93. The summed E-state index contributed by atoms with van der Waals surface area (Å²) in [6.07, 6.45) is 4.70. The molecule has 1 aliphatic heterocycles. The maximum absolute atomic E-state index is 13.0. The van der Waals surface area contributed by atoms with Crippen molar-refractivity contribution in [2.75, 3.05) is 0 Å². The molecule has 6 heteroatoms. The molecule has 1 atom stereocenters. The fraction of sp³-hybridized carbons (Fsp3) is 0.421. The van der Waals surface area contributed by atoms with E-state index in [1.807, 2.05) is 0 Å². The summed E-state index contributed by atoms with van der Waals surface area (Å²) in [5.41, 5.74) is 7.16. The molecule has 1 saturated carbocycles. The monoisotopic (exact) mass is 354 g/mol. The number of hydrogen-bond donors (Lipinski definition) is 1. The lowest BCUT2D eigenvalue weighted by Crippen LogP contribution is -2.44. The van der Waals surface area contributed by atoms with Crippen molar-refractivity contribution in [1.82, 2.24) is 0 Å². The lowest BCUT2D eigenvalue weighted by Gasteiger charge is -2.42. The molecule has 1 unspecified atom stereocenters. The van der Waals surface area contributed by atoms with Gasteiger partial charge in [-0.3, -0.25) is 0 Å². The van der Waals surface area contributed by atoms with Crippen molar-refractivity contribution >= 4 is 17.6 Å². The van der Waals surface area contributed by atoms with Gasteiger partial charge in [0, 0.05) is 11.2 Å². The van der Waals surface area contributed by atoms with Crippen LogP contribution in [0.3, 0.4) is 0 Å². The van der Waals surface area contributed by atoms with Crippen LogP contribution in [0.25, 0.3) is 0 Å². The number of nitriles is 2. The van der Waals surface area contributed by atoms with Gasteiger partial charge in [-0.15, -0.1) is 11.8 Å². The zero-order chi connectivity index (χ0) is 17.9. The summed E-state index contributed by atoms with van der Waals surface area (Å²) in [5, 5.41) is 20.1. The van der Waals surface area contributed by atoms with E-state index < -0.39 is 11.3 Å². The number of hydrogen-bond acceptors (Lipinski definition) is 5. The van der Waals surface area contributed by atoms with Crippen molar-refractivity contribution in [3.05, 3.63) is 46.2 Å².